The van der Waals surface area contributed by atoms with Gasteiger partial charge in [0.05, 0.1) is 17.0 Å². The minimum absolute atomic E-state index is 0.462. The Labute approximate surface area is 108 Å². The molecule has 5 heteroatoms. The minimum Gasteiger partial charge on any atom is -0.468 e. The van der Waals surface area contributed by atoms with Crippen LogP contribution in [0.5, 0.6) is 0 Å². The topological polar surface area (TPSA) is 26.0 Å². The number of hydrogen-bond donors (Lipinski definition) is 0. The highest BCUT2D eigenvalue weighted by Crippen LogP contribution is 2.29. The first-order chi connectivity index (χ1) is 7.66. The normalized spacial score (nSPS) is 10.7. The number of hydrogen-bond acceptors (Lipinski definition) is 3. The van der Waals surface area contributed by atoms with Crippen molar-refractivity contribution in [2.24, 2.45) is 0 Å². The van der Waals surface area contributed by atoms with Crippen molar-refractivity contribution < 1.29 is 4.42 Å². The van der Waals surface area contributed by atoms with E-state index in [1.807, 2.05) is 13.0 Å². The average Bonchev–Trinajstić information content (AvgIpc) is 2.66. The lowest BCUT2D eigenvalue weighted by Crippen LogP contribution is -1.88. The zero-order valence-corrected chi connectivity index (χ0v) is 10.9. The van der Waals surface area contributed by atoms with Crippen molar-refractivity contribution in [1.82, 2.24) is 4.98 Å². The largest absolute Gasteiger partial charge is 0.468 e. The van der Waals surface area contributed by atoms with Crippen molar-refractivity contribution in [2.45, 2.75) is 17.6 Å². The third kappa shape index (κ3) is 2.73. The predicted octanol–water partition coefficient (Wildman–Crippen LogP) is 4.58. The zero-order chi connectivity index (χ0) is 11.5. The SMILES string of the molecule is Cc1occc1SCc1nc(Cl)ccc1Cl. The summed E-state index contributed by atoms with van der Waals surface area (Å²) in [6.45, 7) is 1.93. The predicted molar refractivity (Wildman–Crippen MR) is 67.3 cm³/mol. The highest BCUT2D eigenvalue weighted by atomic mass is 35.5. The summed E-state index contributed by atoms with van der Waals surface area (Å²) >= 11 is 13.5. The number of thioether (sulfide) groups is 1. The molecule has 2 aromatic rings. The van der Waals surface area contributed by atoms with Gasteiger partial charge in [0.25, 0.3) is 0 Å². The van der Waals surface area contributed by atoms with Crippen LogP contribution in [0.25, 0.3) is 0 Å². The number of aryl methyl sites for hydroxylation is 1. The van der Waals surface area contributed by atoms with Gasteiger partial charge in [-0.05, 0) is 25.1 Å². The molecule has 0 N–H and O–H groups in total. The second kappa shape index (κ2) is 5.13. The van der Waals surface area contributed by atoms with Crippen molar-refractivity contribution in [2.75, 3.05) is 0 Å². The summed E-state index contributed by atoms with van der Waals surface area (Å²) in [7, 11) is 0. The van der Waals surface area contributed by atoms with Gasteiger partial charge < -0.3 is 4.42 Å². The first-order valence-corrected chi connectivity index (χ1v) is 6.39. The van der Waals surface area contributed by atoms with Crippen LogP contribution in [-0.2, 0) is 5.75 Å². The fraction of sp³-hybridized carbons (Fsp3) is 0.182. The molecule has 0 aliphatic carbocycles. The first kappa shape index (κ1) is 11.8. The summed E-state index contributed by atoms with van der Waals surface area (Å²) in [6, 6.07) is 5.37. The Hall–Kier alpha value is -0.640. The molecule has 0 spiro atoms. The lowest BCUT2D eigenvalue weighted by Gasteiger charge is -2.03. The number of furan rings is 1. The molecule has 0 radical (unpaired) electrons. The molecular weight excluding hydrogens is 265 g/mol. The maximum absolute atomic E-state index is 6.02. The lowest BCUT2D eigenvalue weighted by atomic mass is 10.4. The molecule has 0 bridgehead atoms. The molecule has 0 fully saturated rings. The molecule has 2 rings (SSSR count). The number of aromatic nitrogens is 1. The number of halogens is 2. The van der Waals surface area contributed by atoms with Crippen LogP contribution >= 0.6 is 35.0 Å². The van der Waals surface area contributed by atoms with Gasteiger partial charge in [-0.15, -0.1) is 11.8 Å². The summed E-state index contributed by atoms with van der Waals surface area (Å²) in [5.74, 6) is 1.59. The molecule has 0 aromatic carbocycles. The maximum atomic E-state index is 6.02. The Morgan fingerprint density at radius 2 is 2.12 bits per heavy atom. The van der Waals surface area contributed by atoms with E-state index in [0.717, 1.165) is 16.3 Å². The van der Waals surface area contributed by atoms with Crippen molar-refractivity contribution in [3.8, 4) is 0 Å². The highest BCUT2D eigenvalue weighted by Gasteiger charge is 2.07. The van der Waals surface area contributed by atoms with E-state index in [1.165, 1.54) is 0 Å². The highest BCUT2D eigenvalue weighted by molar-refractivity contribution is 7.98. The van der Waals surface area contributed by atoms with Gasteiger partial charge in [0, 0.05) is 10.6 Å². The van der Waals surface area contributed by atoms with E-state index in [2.05, 4.69) is 4.98 Å². The smallest absolute Gasteiger partial charge is 0.129 e. The van der Waals surface area contributed by atoms with Gasteiger partial charge in [-0.2, -0.15) is 0 Å². The van der Waals surface area contributed by atoms with Gasteiger partial charge in [-0.3, -0.25) is 0 Å². The fourth-order valence-electron chi connectivity index (χ4n) is 1.23. The molecule has 0 amide bonds. The van der Waals surface area contributed by atoms with Gasteiger partial charge in [0.2, 0.25) is 0 Å². The maximum Gasteiger partial charge on any atom is 0.129 e. The van der Waals surface area contributed by atoms with Crippen LogP contribution in [0, 0.1) is 6.92 Å². The van der Waals surface area contributed by atoms with E-state index < -0.39 is 0 Å². The molecule has 0 atom stereocenters. The Kier molecular flexibility index (Phi) is 3.79. The summed E-state index contributed by atoms with van der Waals surface area (Å²) in [6.07, 6.45) is 1.67. The zero-order valence-electron chi connectivity index (χ0n) is 8.54. The summed E-state index contributed by atoms with van der Waals surface area (Å²) in [4.78, 5) is 5.28. The number of rotatable bonds is 3. The van der Waals surface area contributed by atoms with Crippen LogP contribution in [0.15, 0.2) is 33.8 Å². The van der Waals surface area contributed by atoms with Crippen LogP contribution in [0.1, 0.15) is 11.5 Å². The molecule has 2 nitrogen and oxygen atoms in total. The van der Waals surface area contributed by atoms with Gasteiger partial charge >= 0.3 is 0 Å². The molecule has 2 heterocycles. The van der Waals surface area contributed by atoms with Crippen molar-refractivity contribution in [1.29, 1.82) is 0 Å². The van der Waals surface area contributed by atoms with Crippen LogP contribution in [0.2, 0.25) is 10.2 Å². The number of nitrogens with zero attached hydrogens (tertiary/aromatic N) is 1. The van der Waals surface area contributed by atoms with Crippen molar-refractivity contribution in [3.05, 3.63) is 46.1 Å². The Bertz CT molecular complexity index is 498. The van der Waals surface area contributed by atoms with Gasteiger partial charge in [0.1, 0.15) is 10.9 Å². The van der Waals surface area contributed by atoms with Crippen LogP contribution in [0.3, 0.4) is 0 Å². The molecule has 2 aromatic heterocycles. The van der Waals surface area contributed by atoms with Gasteiger partial charge in [-0.25, -0.2) is 4.98 Å². The van der Waals surface area contributed by atoms with Gasteiger partial charge in [-0.1, -0.05) is 23.2 Å². The van der Waals surface area contributed by atoms with E-state index in [4.69, 9.17) is 27.6 Å². The Morgan fingerprint density at radius 3 is 2.81 bits per heavy atom. The summed E-state index contributed by atoms with van der Waals surface area (Å²) in [5, 5.41) is 1.10. The fourth-order valence-corrected chi connectivity index (χ4v) is 2.56. The van der Waals surface area contributed by atoms with Crippen molar-refractivity contribution in [3.63, 3.8) is 0 Å². The third-order valence-corrected chi connectivity index (χ3v) is 3.77. The quantitative estimate of drug-likeness (QED) is 0.605. The third-order valence-electron chi connectivity index (χ3n) is 2.06. The Balaban J connectivity index is 2.10. The molecule has 0 saturated heterocycles. The van der Waals surface area contributed by atoms with E-state index >= 15 is 0 Å². The van der Waals surface area contributed by atoms with Crippen molar-refractivity contribution >= 4 is 35.0 Å². The first-order valence-electron chi connectivity index (χ1n) is 4.64. The van der Waals surface area contributed by atoms with Gasteiger partial charge in [0.15, 0.2) is 0 Å². The lowest BCUT2D eigenvalue weighted by molar-refractivity contribution is 0.527. The molecule has 84 valence electrons. The molecule has 0 saturated carbocycles. The monoisotopic (exact) mass is 273 g/mol. The summed E-state index contributed by atoms with van der Waals surface area (Å²) in [5.41, 5.74) is 0.791. The minimum atomic E-state index is 0.462. The van der Waals surface area contributed by atoms with E-state index in [-0.39, 0.29) is 0 Å². The van der Waals surface area contributed by atoms with E-state index in [9.17, 15) is 0 Å². The Morgan fingerprint density at radius 1 is 1.31 bits per heavy atom. The standard InChI is InChI=1S/C11H9Cl2NOS/c1-7-10(4-5-15-7)16-6-9-8(12)2-3-11(13)14-9/h2-5H,6H2,1H3. The average molecular weight is 274 g/mol. The summed E-state index contributed by atoms with van der Waals surface area (Å²) < 4.78 is 5.21. The molecule has 0 unspecified atom stereocenters. The molecule has 16 heavy (non-hydrogen) atoms. The molecule has 0 aliphatic rings. The molecular formula is C11H9Cl2NOS. The van der Waals surface area contributed by atoms with Crippen LogP contribution in [-0.4, -0.2) is 4.98 Å². The second-order valence-corrected chi connectivity index (χ2v) is 5.00. The van der Waals surface area contributed by atoms with E-state index in [1.54, 1.807) is 30.2 Å². The van der Waals surface area contributed by atoms with Crippen LogP contribution < -0.4 is 0 Å². The molecule has 0 aliphatic heterocycles. The van der Waals surface area contributed by atoms with Crippen LogP contribution in [0.4, 0.5) is 0 Å². The second-order valence-electron chi connectivity index (χ2n) is 3.19. The van der Waals surface area contributed by atoms with E-state index in [0.29, 0.717) is 15.9 Å². The number of pyridine rings is 1.